The summed E-state index contributed by atoms with van der Waals surface area (Å²) in [6.07, 6.45) is 1.85. The molecular formula is C36H39Cl2N3O5S. The topological polar surface area (TPSA) is 96.0 Å². The van der Waals surface area contributed by atoms with Crippen molar-refractivity contribution in [1.29, 1.82) is 0 Å². The number of ether oxygens (including phenoxy) is 1. The van der Waals surface area contributed by atoms with Gasteiger partial charge in [0.25, 0.3) is 10.0 Å². The van der Waals surface area contributed by atoms with Crippen LogP contribution in [0.4, 0.5) is 5.69 Å². The SMILES string of the molecule is CCCCNC(=O)[C@@H](Cc1ccccc1)N(Cc1ccc(Cl)c(Cl)c1)C(=O)CN(c1cccc(OC)c1)S(=O)(=O)c1ccc(C)cc1. The molecule has 0 bridgehead atoms. The number of aryl methyl sites for hydroxylation is 1. The molecule has 4 aromatic carbocycles. The van der Waals surface area contributed by atoms with E-state index in [4.69, 9.17) is 27.9 Å². The fourth-order valence-corrected chi connectivity index (χ4v) is 6.75. The zero-order chi connectivity index (χ0) is 34.0. The van der Waals surface area contributed by atoms with Crippen LogP contribution >= 0.6 is 23.2 Å². The summed E-state index contributed by atoms with van der Waals surface area (Å²) in [5.74, 6) is -0.504. The Labute approximate surface area is 287 Å². The summed E-state index contributed by atoms with van der Waals surface area (Å²) in [6, 6.07) is 26.3. The maximum atomic E-state index is 14.6. The molecule has 0 saturated carbocycles. The summed E-state index contributed by atoms with van der Waals surface area (Å²) in [5, 5.41) is 3.62. The Balaban J connectivity index is 1.82. The quantitative estimate of drug-likeness (QED) is 0.134. The van der Waals surface area contributed by atoms with E-state index in [1.165, 1.54) is 24.1 Å². The van der Waals surface area contributed by atoms with E-state index < -0.39 is 28.5 Å². The fourth-order valence-electron chi connectivity index (χ4n) is 5.03. The number of rotatable bonds is 15. The van der Waals surface area contributed by atoms with E-state index in [-0.39, 0.29) is 29.5 Å². The minimum absolute atomic E-state index is 0.0212. The largest absolute Gasteiger partial charge is 0.497 e. The Morgan fingerprint density at radius 3 is 2.26 bits per heavy atom. The molecule has 0 heterocycles. The Hall–Kier alpha value is -4.05. The highest BCUT2D eigenvalue weighted by molar-refractivity contribution is 7.92. The molecule has 0 unspecified atom stereocenters. The number of hydrogen-bond acceptors (Lipinski definition) is 5. The molecule has 0 radical (unpaired) electrons. The number of benzene rings is 4. The van der Waals surface area contributed by atoms with Gasteiger partial charge in [-0.15, -0.1) is 0 Å². The summed E-state index contributed by atoms with van der Waals surface area (Å²) in [4.78, 5) is 29.9. The lowest BCUT2D eigenvalue weighted by atomic mass is 10.0. The van der Waals surface area contributed by atoms with Crippen LogP contribution in [0.2, 0.25) is 10.0 Å². The number of nitrogens with zero attached hydrogens (tertiary/aromatic N) is 2. The summed E-state index contributed by atoms with van der Waals surface area (Å²) < 4.78 is 34.9. The number of nitrogens with one attached hydrogen (secondary N) is 1. The van der Waals surface area contributed by atoms with Gasteiger partial charge in [-0.1, -0.05) is 96.7 Å². The molecule has 8 nitrogen and oxygen atoms in total. The number of anilines is 1. The highest BCUT2D eigenvalue weighted by Gasteiger charge is 2.34. The number of carbonyl (C=O) groups is 2. The summed E-state index contributed by atoms with van der Waals surface area (Å²) in [6.45, 7) is 3.71. The molecule has 11 heteroatoms. The lowest BCUT2D eigenvalue weighted by Gasteiger charge is -2.34. The van der Waals surface area contributed by atoms with Crippen molar-refractivity contribution < 1.29 is 22.7 Å². The van der Waals surface area contributed by atoms with Gasteiger partial charge in [-0.2, -0.15) is 0 Å². The van der Waals surface area contributed by atoms with Crippen LogP contribution in [0.25, 0.3) is 0 Å². The second-order valence-electron chi connectivity index (χ2n) is 11.1. The van der Waals surface area contributed by atoms with Crippen LogP contribution < -0.4 is 14.4 Å². The first-order valence-electron chi connectivity index (χ1n) is 15.3. The van der Waals surface area contributed by atoms with Crippen molar-refractivity contribution in [3.05, 3.63) is 124 Å². The zero-order valence-corrected chi connectivity index (χ0v) is 29.0. The van der Waals surface area contributed by atoms with Crippen molar-refractivity contribution in [3.8, 4) is 5.75 Å². The Kier molecular flexibility index (Phi) is 12.7. The standard InChI is InChI=1S/C36H39Cl2N3O5S/c1-4-5-20-39-36(43)34(22-27-10-7-6-8-11-27)40(24-28-16-19-32(37)33(38)21-28)35(42)25-41(29-12-9-13-30(23-29)46-3)47(44,45)31-17-14-26(2)15-18-31/h6-19,21,23,34H,4-5,20,22,24-25H2,1-3H3,(H,39,43)/t34-/m1/s1. The molecule has 4 aromatic rings. The van der Waals surface area contributed by atoms with E-state index >= 15 is 0 Å². The maximum Gasteiger partial charge on any atom is 0.264 e. The third kappa shape index (κ3) is 9.50. The molecule has 2 amide bonds. The van der Waals surface area contributed by atoms with Gasteiger partial charge < -0.3 is 15.0 Å². The lowest BCUT2D eigenvalue weighted by Crippen LogP contribution is -2.53. The first-order chi connectivity index (χ1) is 22.5. The van der Waals surface area contributed by atoms with Crippen LogP contribution in [0, 0.1) is 6.92 Å². The molecule has 4 rings (SSSR count). The van der Waals surface area contributed by atoms with Gasteiger partial charge in [0.1, 0.15) is 18.3 Å². The molecule has 0 saturated heterocycles. The molecule has 47 heavy (non-hydrogen) atoms. The first-order valence-corrected chi connectivity index (χ1v) is 17.5. The molecule has 0 aliphatic heterocycles. The van der Waals surface area contributed by atoms with Crippen LogP contribution in [0.5, 0.6) is 5.75 Å². The second kappa shape index (κ2) is 16.7. The predicted molar refractivity (Wildman–Crippen MR) is 188 cm³/mol. The Bertz CT molecular complexity index is 1770. The van der Waals surface area contributed by atoms with E-state index in [1.807, 2.05) is 44.2 Å². The summed E-state index contributed by atoms with van der Waals surface area (Å²) >= 11 is 12.5. The van der Waals surface area contributed by atoms with Crippen molar-refractivity contribution in [2.75, 3.05) is 24.5 Å². The number of sulfonamides is 1. The molecule has 1 atom stereocenters. The van der Waals surface area contributed by atoms with Gasteiger partial charge in [-0.05, 0) is 60.9 Å². The van der Waals surface area contributed by atoms with Gasteiger partial charge in [-0.3, -0.25) is 13.9 Å². The van der Waals surface area contributed by atoms with E-state index in [0.29, 0.717) is 27.9 Å². The van der Waals surface area contributed by atoms with Gasteiger partial charge in [0, 0.05) is 25.6 Å². The van der Waals surface area contributed by atoms with Crippen LogP contribution in [-0.2, 0) is 32.6 Å². The van der Waals surface area contributed by atoms with Gasteiger partial charge in [-0.25, -0.2) is 8.42 Å². The number of unbranched alkanes of at least 4 members (excludes halogenated alkanes) is 1. The molecule has 0 spiro atoms. The lowest BCUT2D eigenvalue weighted by molar-refractivity contribution is -0.140. The molecule has 0 aromatic heterocycles. The molecular weight excluding hydrogens is 657 g/mol. The van der Waals surface area contributed by atoms with Gasteiger partial charge in [0.05, 0.1) is 27.7 Å². The van der Waals surface area contributed by atoms with Gasteiger partial charge in [0.15, 0.2) is 0 Å². The minimum atomic E-state index is -4.24. The van der Waals surface area contributed by atoms with E-state index in [9.17, 15) is 18.0 Å². The first kappa shape index (κ1) is 35.8. The predicted octanol–water partition coefficient (Wildman–Crippen LogP) is 7.06. The number of amides is 2. The van der Waals surface area contributed by atoms with Crippen LogP contribution in [-0.4, -0.2) is 51.4 Å². The average Bonchev–Trinajstić information content (AvgIpc) is 3.07. The third-order valence-corrected chi connectivity index (χ3v) is 10.2. The fraction of sp³-hybridized carbons (Fsp3) is 0.278. The number of methoxy groups -OCH3 is 1. The monoisotopic (exact) mass is 695 g/mol. The van der Waals surface area contributed by atoms with Crippen molar-refractivity contribution in [2.45, 2.75) is 50.6 Å². The third-order valence-electron chi connectivity index (χ3n) is 7.67. The maximum absolute atomic E-state index is 14.6. The van der Waals surface area contributed by atoms with Gasteiger partial charge in [0.2, 0.25) is 11.8 Å². The molecule has 248 valence electrons. The number of carbonyl (C=O) groups excluding carboxylic acids is 2. The molecule has 0 fully saturated rings. The summed E-state index contributed by atoms with van der Waals surface area (Å²) in [5.41, 5.74) is 2.59. The molecule has 1 N–H and O–H groups in total. The minimum Gasteiger partial charge on any atom is -0.497 e. The zero-order valence-electron chi connectivity index (χ0n) is 26.7. The van der Waals surface area contributed by atoms with Crippen LogP contribution in [0.3, 0.4) is 0 Å². The second-order valence-corrected chi connectivity index (χ2v) is 13.8. The van der Waals surface area contributed by atoms with Crippen molar-refractivity contribution >= 4 is 50.7 Å². The van der Waals surface area contributed by atoms with Gasteiger partial charge >= 0.3 is 0 Å². The number of halogens is 2. The van der Waals surface area contributed by atoms with E-state index in [0.717, 1.165) is 28.3 Å². The van der Waals surface area contributed by atoms with E-state index in [2.05, 4.69) is 5.32 Å². The van der Waals surface area contributed by atoms with Crippen LogP contribution in [0.15, 0.2) is 102 Å². The molecule has 0 aliphatic rings. The normalized spacial score (nSPS) is 11.9. The van der Waals surface area contributed by atoms with Crippen molar-refractivity contribution in [3.63, 3.8) is 0 Å². The Morgan fingerprint density at radius 2 is 1.60 bits per heavy atom. The van der Waals surface area contributed by atoms with Crippen molar-refractivity contribution in [1.82, 2.24) is 10.2 Å². The average molecular weight is 697 g/mol. The van der Waals surface area contributed by atoms with Crippen molar-refractivity contribution in [2.24, 2.45) is 0 Å². The highest BCUT2D eigenvalue weighted by Crippen LogP contribution is 2.29. The highest BCUT2D eigenvalue weighted by atomic mass is 35.5. The molecule has 0 aliphatic carbocycles. The summed E-state index contributed by atoms with van der Waals surface area (Å²) in [7, 11) is -2.76. The number of hydrogen-bond donors (Lipinski definition) is 1. The van der Waals surface area contributed by atoms with Crippen LogP contribution in [0.1, 0.15) is 36.5 Å². The smallest absolute Gasteiger partial charge is 0.264 e. The van der Waals surface area contributed by atoms with E-state index in [1.54, 1.807) is 54.6 Å². The Morgan fingerprint density at radius 1 is 0.872 bits per heavy atom.